The summed E-state index contributed by atoms with van der Waals surface area (Å²) < 4.78 is 0. The molecule has 0 saturated carbocycles. The SMILES string of the molecule is CCNC(=NCc1nc(C)c(C)s1)NCC(C)(C)c1ccccc1.I. The fourth-order valence-corrected chi connectivity index (χ4v) is 3.25. The number of aryl methyl sites for hydroxylation is 2. The highest BCUT2D eigenvalue weighted by atomic mass is 127. The number of benzene rings is 1. The van der Waals surface area contributed by atoms with Gasteiger partial charge in [0.05, 0.1) is 12.2 Å². The maximum Gasteiger partial charge on any atom is 0.191 e. The lowest BCUT2D eigenvalue weighted by molar-refractivity contribution is 0.508. The first kappa shape index (κ1) is 21.9. The molecule has 0 aliphatic rings. The molecule has 0 bridgehead atoms. The highest BCUT2D eigenvalue weighted by molar-refractivity contribution is 14.0. The number of halogens is 1. The van der Waals surface area contributed by atoms with Gasteiger partial charge in [-0.2, -0.15) is 0 Å². The molecule has 6 heteroatoms. The van der Waals surface area contributed by atoms with E-state index in [0.717, 1.165) is 29.8 Å². The maximum absolute atomic E-state index is 4.68. The van der Waals surface area contributed by atoms with E-state index in [2.05, 4.69) is 78.6 Å². The number of aliphatic imine (C=N–C) groups is 1. The first-order chi connectivity index (χ1) is 11.4. The summed E-state index contributed by atoms with van der Waals surface area (Å²) in [5, 5.41) is 7.84. The van der Waals surface area contributed by atoms with E-state index in [0.29, 0.717) is 6.54 Å². The molecule has 0 atom stereocenters. The van der Waals surface area contributed by atoms with Crippen LogP contribution in [0.3, 0.4) is 0 Å². The molecule has 2 N–H and O–H groups in total. The van der Waals surface area contributed by atoms with Crippen LogP contribution in [0.4, 0.5) is 0 Å². The Kier molecular flexibility index (Phi) is 8.85. The molecule has 2 aromatic rings. The van der Waals surface area contributed by atoms with Crippen LogP contribution in [0.15, 0.2) is 35.3 Å². The minimum Gasteiger partial charge on any atom is -0.357 e. The molecule has 0 aliphatic heterocycles. The smallest absolute Gasteiger partial charge is 0.191 e. The van der Waals surface area contributed by atoms with Crippen molar-refractivity contribution in [1.82, 2.24) is 15.6 Å². The normalized spacial score (nSPS) is 11.8. The summed E-state index contributed by atoms with van der Waals surface area (Å²) >= 11 is 1.72. The van der Waals surface area contributed by atoms with E-state index in [1.807, 2.05) is 6.92 Å². The summed E-state index contributed by atoms with van der Waals surface area (Å²) in [6.07, 6.45) is 0. The topological polar surface area (TPSA) is 49.3 Å². The molecule has 25 heavy (non-hydrogen) atoms. The number of rotatable bonds is 6. The molecule has 0 spiro atoms. The third-order valence-corrected chi connectivity index (χ3v) is 5.10. The molecule has 0 saturated heterocycles. The van der Waals surface area contributed by atoms with Gasteiger partial charge in [-0.15, -0.1) is 35.3 Å². The predicted octanol–water partition coefficient (Wildman–Crippen LogP) is 4.41. The second-order valence-corrected chi connectivity index (χ2v) is 7.84. The Morgan fingerprint density at radius 3 is 2.40 bits per heavy atom. The van der Waals surface area contributed by atoms with E-state index in [1.54, 1.807) is 11.3 Å². The van der Waals surface area contributed by atoms with Gasteiger partial charge in [-0.1, -0.05) is 44.2 Å². The minimum atomic E-state index is 0. The molecule has 0 radical (unpaired) electrons. The van der Waals surface area contributed by atoms with Crippen molar-refractivity contribution in [3.8, 4) is 0 Å². The van der Waals surface area contributed by atoms with Crippen molar-refractivity contribution in [1.29, 1.82) is 0 Å². The molecular formula is C19H29IN4S. The highest BCUT2D eigenvalue weighted by Gasteiger charge is 2.20. The van der Waals surface area contributed by atoms with E-state index >= 15 is 0 Å². The lowest BCUT2D eigenvalue weighted by Gasteiger charge is -2.26. The maximum atomic E-state index is 4.68. The number of nitrogens with one attached hydrogen (secondary N) is 2. The van der Waals surface area contributed by atoms with Gasteiger partial charge in [-0.3, -0.25) is 0 Å². The zero-order valence-electron chi connectivity index (χ0n) is 15.7. The van der Waals surface area contributed by atoms with E-state index in [-0.39, 0.29) is 29.4 Å². The minimum absolute atomic E-state index is 0. The Bertz CT molecular complexity index is 660. The third-order valence-electron chi connectivity index (χ3n) is 4.04. The van der Waals surface area contributed by atoms with Crippen LogP contribution in [0, 0.1) is 13.8 Å². The number of thiazole rings is 1. The van der Waals surface area contributed by atoms with E-state index < -0.39 is 0 Å². The van der Waals surface area contributed by atoms with Crippen molar-refractivity contribution in [3.63, 3.8) is 0 Å². The lowest BCUT2D eigenvalue weighted by atomic mass is 9.85. The van der Waals surface area contributed by atoms with Gasteiger partial charge in [-0.25, -0.2) is 9.98 Å². The van der Waals surface area contributed by atoms with Crippen LogP contribution < -0.4 is 10.6 Å². The van der Waals surface area contributed by atoms with Crippen molar-refractivity contribution >= 4 is 41.3 Å². The second kappa shape index (κ2) is 10.1. The quantitative estimate of drug-likeness (QED) is 0.372. The summed E-state index contributed by atoms with van der Waals surface area (Å²) in [6, 6.07) is 10.6. The average molecular weight is 472 g/mol. The van der Waals surface area contributed by atoms with Crippen molar-refractivity contribution in [2.45, 2.75) is 46.6 Å². The number of aromatic nitrogens is 1. The van der Waals surface area contributed by atoms with Gasteiger partial charge >= 0.3 is 0 Å². The first-order valence-corrected chi connectivity index (χ1v) is 9.24. The molecule has 138 valence electrons. The number of hydrogen-bond acceptors (Lipinski definition) is 3. The van der Waals surface area contributed by atoms with E-state index in [1.165, 1.54) is 10.4 Å². The zero-order valence-corrected chi connectivity index (χ0v) is 18.9. The Morgan fingerprint density at radius 2 is 1.84 bits per heavy atom. The highest BCUT2D eigenvalue weighted by Crippen LogP contribution is 2.21. The van der Waals surface area contributed by atoms with Gasteiger partial charge in [0, 0.05) is 23.4 Å². The monoisotopic (exact) mass is 472 g/mol. The van der Waals surface area contributed by atoms with Gasteiger partial charge in [0.15, 0.2) is 5.96 Å². The summed E-state index contributed by atoms with van der Waals surface area (Å²) in [7, 11) is 0. The average Bonchev–Trinajstić information content (AvgIpc) is 2.89. The lowest BCUT2D eigenvalue weighted by Crippen LogP contribution is -2.43. The summed E-state index contributed by atoms with van der Waals surface area (Å²) in [5.74, 6) is 0.840. The van der Waals surface area contributed by atoms with Gasteiger partial charge < -0.3 is 10.6 Å². The fourth-order valence-electron chi connectivity index (χ4n) is 2.39. The number of nitrogens with zero attached hydrogens (tertiary/aromatic N) is 2. The molecule has 0 unspecified atom stereocenters. The molecule has 0 aliphatic carbocycles. The van der Waals surface area contributed by atoms with Crippen LogP contribution in [0.1, 0.15) is 41.9 Å². The van der Waals surface area contributed by atoms with Gasteiger partial charge in [-0.05, 0) is 26.3 Å². The largest absolute Gasteiger partial charge is 0.357 e. The molecule has 4 nitrogen and oxygen atoms in total. The van der Waals surface area contributed by atoms with Crippen LogP contribution in [0.5, 0.6) is 0 Å². The number of guanidine groups is 1. The molecule has 0 fully saturated rings. The fraction of sp³-hybridized carbons (Fsp3) is 0.474. The zero-order chi connectivity index (χ0) is 17.6. The molecule has 2 rings (SSSR count). The van der Waals surface area contributed by atoms with Crippen LogP contribution in [0.25, 0.3) is 0 Å². The van der Waals surface area contributed by atoms with E-state index in [9.17, 15) is 0 Å². The molecule has 0 amide bonds. The van der Waals surface area contributed by atoms with Gasteiger partial charge in [0.25, 0.3) is 0 Å². The first-order valence-electron chi connectivity index (χ1n) is 8.43. The molecule has 1 aromatic heterocycles. The summed E-state index contributed by atoms with van der Waals surface area (Å²) in [5.41, 5.74) is 2.46. The van der Waals surface area contributed by atoms with Crippen molar-refractivity contribution in [2.24, 2.45) is 4.99 Å². The van der Waals surface area contributed by atoms with Gasteiger partial charge in [0.2, 0.25) is 0 Å². The predicted molar refractivity (Wildman–Crippen MR) is 119 cm³/mol. The van der Waals surface area contributed by atoms with Gasteiger partial charge in [0.1, 0.15) is 5.01 Å². The van der Waals surface area contributed by atoms with Crippen molar-refractivity contribution in [2.75, 3.05) is 13.1 Å². The summed E-state index contributed by atoms with van der Waals surface area (Å²) in [6.45, 7) is 13.0. The second-order valence-electron chi connectivity index (χ2n) is 6.55. The van der Waals surface area contributed by atoms with E-state index in [4.69, 9.17) is 0 Å². The Labute approximate surface area is 172 Å². The molecule has 1 aromatic carbocycles. The molecule has 1 heterocycles. The van der Waals surface area contributed by atoms with Crippen LogP contribution in [-0.4, -0.2) is 24.0 Å². The van der Waals surface area contributed by atoms with Crippen LogP contribution >= 0.6 is 35.3 Å². The van der Waals surface area contributed by atoms with Crippen LogP contribution in [0.2, 0.25) is 0 Å². The Hall–Kier alpha value is -1.15. The van der Waals surface area contributed by atoms with Crippen molar-refractivity contribution in [3.05, 3.63) is 51.5 Å². The summed E-state index contributed by atoms with van der Waals surface area (Å²) in [4.78, 5) is 10.5. The van der Waals surface area contributed by atoms with Crippen LogP contribution in [-0.2, 0) is 12.0 Å². The number of hydrogen-bond donors (Lipinski definition) is 2. The van der Waals surface area contributed by atoms with Crippen molar-refractivity contribution < 1.29 is 0 Å². The Balaban J connectivity index is 0.00000312. The molecular weight excluding hydrogens is 443 g/mol. The Morgan fingerprint density at radius 1 is 1.16 bits per heavy atom. The standard InChI is InChI=1S/C19H28N4S.HI/c1-6-20-18(21-12-17-23-14(2)15(3)24-17)22-13-19(4,5)16-10-8-7-9-11-16;/h7-11H,6,12-13H2,1-5H3,(H2,20,21,22);1H. The third kappa shape index (κ3) is 6.58.